The highest BCUT2D eigenvalue weighted by molar-refractivity contribution is 7.09. The first-order chi connectivity index (χ1) is 9.40. The zero-order chi connectivity index (χ0) is 14.4. The molecule has 2 aliphatic carbocycles. The van der Waals surface area contributed by atoms with E-state index in [0.29, 0.717) is 11.3 Å². The number of hydrogen-bond acceptors (Lipinski definition) is 3. The molecule has 0 aliphatic heterocycles. The predicted octanol–water partition coefficient (Wildman–Crippen LogP) is 4.81. The van der Waals surface area contributed by atoms with Gasteiger partial charge in [0.15, 0.2) is 0 Å². The molecule has 0 radical (unpaired) electrons. The molecule has 2 saturated carbocycles. The van der Waals surface area contributed by atoms with Gasteiger partial charge in [-0.1, -0.05) is 34.1 Å². The lowest BCUT2D eigenvalue weighted by Crippen LogP contribution is -2.49. The van der Waals surface area contributed by atoms with E-state index in [0.717, 1.165) is 6.04 Å². The van der Waals surface area contributed by atoms with Gasteiger partial charge in [0.1, 0.15) is 5.01 Å². The highest BCUT2D eigenvalue weighted by Gasteiger charge is 2.45. The second kappa shape index (κ2) is 5.10. The van der Waals surface area contributed by atoms with Crippen molar-refractivity contribution in [3.8, 4) is 0 Å². The molecule has 112 valence electrons. The summed E-state index contributed by atoms with van der Waals surface area (Å²) in [6.45, 7) is 9.33. The first kappa shape index (κ1) is 14.5. The molecule has 0 amide bonds. The van der Waals surface area contributed by atoms with Crippen molar-refractivity contribution < 1.29 is 0 Å². The van der Waals surface area contributed by atoms with Crippen molar-refractivity contribution in [2.75, 3.05) is 0 Å². The molecule has 3 heteroatoms. The second-order valence-corrected chi connectivity index (χ2v) is 8.79. The van der Waals surface area contributed by atoms with Crippen LogP contribution in [0.2, 0.25) is 0 Å². The zero-order valence-corrected chi connectivity index (χ0v) is 14.1. The summed E-state index contributed by atoms with van der Waals surface area (Å²) in [5.41, 5.74) is 1.86. The van der Waals surface area contributed by atoms with Crippen molar-refractivity contribution in [1.29, 1.82) is 0 Å². The molecule has 2 nitrogen and oxygen atoms in total. The summed E-state index contributed by atoms with van der Waals surface area (Å²) in [5.74, 6) is 0.537. The second-order valence-electron chi connectivity index (χ2n) is 7.93. The summed E-state index contributed by atoms with van der Waals surface area (Å²) in [5, 5.41) is 7.60. The van der Waals surface area contributed by atoms with E-state index in [4.69, 9.17) is 4.98 Å². The van der Waals surface area contributed by atoms with Crippen molar-refractivity contribution in [3.63, 3.8) is 0 Å². The summed E-state index contributed by atoms with van der Waals surface area (Å²) in [6, 6.07) is 0.746. The minimum absolute atomic E-state index is 0.153. The monoisotopic (exact) mass is 292 g/mol. The lowest BCUT2D eigenvalue weighted by atomic mass is 9.68. The SMILES string of the molecule is CC(C)c1csc(C2(NC3CC3)CCCC(C)(C)C2)n1. The van der Waals surface area contributed by atoms with Crippen molar-refractivity contribution >= 4 is 11.3 Å². The smallest absolute Gasteiger partial charge is 0.113 e. The topological polar surface area (TPSA) is 24.9 Å². The molecule has 0 saturated heterocycles. The third-order valence-corrected chi connectivity index (χ3v) is 5.88. The summed E-state index contributed by atoms with van der Waals surface area (Å²) < 4.78 is 0. The first-order valence-electron chi connectivity index (χ1n) is 8.14. The molecule has 3 rings (SSSR count). The molecule has 1 N–H and O–H groups in total. The highest BCUT2D eigenvalue weighted by atomic mass is 32.1. The van der Waals surface area contributed by atoms with Crippen LogP contribution in [0.3, 0.4) is 0 Å². The van der Waals surface area contributed by atoms with Crippen LogP contribution in [-0.2, 0) is 5.54 Å². The van der Waals surface area contributed by atoms with Crippen LogP contribution in [0.25, 0.3) is 0 Å². The third kappa shape index (κ3) is 2.94. The van der Waals surface area contributed by atoms with Crippen LogP contribution in [0.5, 0.6) is 0 Å². The van der Waals surface area contributed by atoms with Crippen LogP contribution in [0.4, 0.5) is 0 Å². The lowest BCUT2D eigenvalue weighted by Gasteiger charge is -2.44. The van der Waals surface area contributed by atoms with E-state index >= 15 is 0 Å². The molecular formula is C17H28N2S. The standard InChI is InChI=1S/C17H28N2S/c1-12(2)14-10-20-15(18-14)17(19-13-6-7-13)9-5-8-16(3,4)11-17/h10,12-13,19H,5-9,11H2,1-4H3. The van der Waals surface area contributed by atoms with E-state index in [1.807, 2.05) is 11.3 Å². The Morgan fingerprint density at radius 1 is 1.30 bits per heavy atom. The highest BCUT2D eigenvalue weighted by Crippen LogP contribution is 2.48. The van der Waals surface area contributed by atoms with Crippen molar-refractivity contribution in [3.05, 3.63) is 16.1 Å². The Kier molecular flexibility index (Phi) is 3.70. The van der Waals surface area contributed by atoms with Gasteiger partial charge in [0.25, 0.3) is 0 Å². The quantitative estimate of drug-likeness (QED) is 0.861. The largest absolute Gasteiger partial charge is 0.303 e. The zero-order valence-electron chi connectivity index (χ0n) is 13.3. The molecule has 1 aromatic heterocycles. The lowest BCUT2D eigenvalue weighted by molar-refractivity contribution is 0.116. The Balaban J connectivity index is 1.91. The normalized spacial score (nSPS) is 29.9. The summed E-state index contributed by atoms with van der Waals surface area (Å²) in [7, 11) is 0. The Labute approximate surface area is 127 Å². The van der Waals surface area contributed by atoms with E-state index in [-0.39, 0.29) is 5.54 Å². The van der Waals surface area contributed by atoms with Crippen molar-refractivity contribution in [2.24, 2.45) is 5.41 Å². The molecule has 2 fully saturated rings. The van der Waals surface area contributed by atoms with Gasteiger partial charge in [-0.05, 0) is 43.4 Å². The van der Waals surface area contributed by atoms with Gasteiger partial charge in [0, 0.05) is 11.4 Å². The fraction of sp³-hybridized carbons (Fsp3) is 0.824. The molecule has 1 aromatic rings. The Morgan fingerprint density at radius 2 is 2.05 bits per heavy atom. The van der Waals surface area contributed by atoms with Crippen molar-refractivity contribution in [1.82, 2.24) is 10.3 Å². The molecule has 1 heterocycles. The van der Waals surface area contributed by atoms with E-state index < -0.39 is 0 Å². The summed E-state index contributed by atoms with van der Waals surface area (Å²) in [6.07, 6.45) is 7.88. The average molecular weight is 292 g/mol. The Morgan fingerprint density at radius 3 is 2.60 bits per heavy atom. The molecule has 20 heavy (non-hydrogen) atoms. The maximum absolute atomic E-state index is 5.01. The van der Waals surface area contributed by atoms with Gasteiger partial charge in [-0.2, -0.15) is 0 Å². The molecule has 0 spiro atoms. The first-order valence-corrected chi connectivity index (χ1v) is 9.02. The summed E-state index contributed by atoms with van der Waals surface area (Å²) >= 11 is 1.88. The Hall–Kier alpha value is -0.410. The van der Waals surface area contributed by atoms with Crippen LogP contribution in [0.1, 0.15) is 82.8 Å². The molecule has 1 unspecified atom stereocenters. The van der Waals surface area contributed by atoms with Gasteiger partial charge in [-0.3, -0.25) is 0 Å². The molecule has 0 aromatic carbocycles. The van der Waals surface area contributed by atoms with Gasteiger partial charge in [-0.25, -0.2) is 4.98 Å². The summed E-state index contributed by atoms with van der Waals surface area (Å²) in [4.78, 5) is 5.01. The maximum atomic E-state index is 5.01. The van der Waals surface area contributed by atoms with Crippen LogP contribution >= 0.6 is 11.3 Å². The van der Waals surface area contributed by atoms with Crippen LogP contribution < -0.4 is 5.32 Å². The third-order valence-electron chi connectivity index (χ3n) is 4.82. The van der Waals surface area contributed by atoms with E-state index in [1.165, 1.54) is 49.2 Å². The van der Waals surface area contributed by atoms with Gasteiger partial charge >= 0.3 is 0 Å². The fourth-order valence-corrected chi connectivity index (χ4v) is 4.79. The number of rotatable bonds is 4. The molecule has 2 aliphatic rings. The van der Waals surface area contributed by atoms with E-state index in [9.17, 15) is 0 Å². The van der Waals surface area contributed by atoms with Gasteiger partial charge in [0.05, 0.1) is 11.2 Å². The number of thiazole rings is 1. The van der Waals surface area contributed by atoms with E-state index in [2.05, 4.69) is 38.4 Å². The molecular weight excluding hydrogens is 264 g/mol. The van der Waals surface area contributed by atoms with Crippen LogP contribution in [0, 0.1) is 5.41 Å². The van der Waals surface area contributed by atoms with Gasteiger partial charge < -0.3 is 5.32 Å². The number of aromatic nitrogens is 1. The van der Waals surface area contributed by atoms with Gasteiger partial charge in [-0.15, -0.1) is 11.3 Å². The minimum Gasteiger partial charge on any atom is -0.303 e. The molecule has 1 atom stereocenters. The minimum atomic E-state index is 0.153. The predicted molar refractivity (Wildman–Crippen MR) is 86.3 cm³/mol. The fourth-order valence-electron chi connectivity index (χ4n) is 3.62. The van der Waals surface area contributed by atoms with Crippen LogP contribution in [-0.4, -0.2) is 11.0 Å². The Bertz CT molecular complexity index is 473. The van der Waals surface area contributed by atoms with Crippen LogP contribution in [0.15, 0.2) is 5.38 Å². The number of hydrogen-bond donors (Lipinski definition) is 1. The van der Waals surface area contributed by atoms with E-state index in [1.54, 1.807) is 0 Å². The average Bonchev–Trinajstić information content (AvgIpc) is 3.00. The maximum Gasteiger partial charge on any atom is 0.113 e. The number of nitrogens with one attached hydrogen (secondary N) is 1. The van der Waals surface area contributed by atoms with Crippen molar-refractivity contribution in [2.45, 2.75) is 83.7 Å². The van der Waals surface area contributed by atoms with Gasteiger partial charge in [0.2, 0.25) is 0 Å². The molecule has 0 bridgehead atoms. The number of nitrogens with zero attached hydrogens (tertiary/aromatic N) is 1.